The molecule has 9 heteroatoms. The number of tetrazole rings is 1. The maximum Gasteiger partial charge on any atom is 0.264 e. The summed E-state index contributed by atoms with van der Waals surface area (Å²) < 4.78 is 41.6. The molecule has 22 heavy (non-hydrogen) atoms. The van der Waals surface area contributed by atoms with Crippen LogP contribution < -0.4 is 4.72 Å². The zero-order valence-corrected chi connectivity index (χ0v) is 11.9. The van der Waals surface area contributed by atoms with Gasteiger partial charge in [0.15, 0.2) is 0 Å². The van der Waals surface area contributed by atoms with Gasteiger partial charge in [0.05, 0.1) is 5.69 Å². The van der Waals surface area contributed by atoms with Crippen LogP contribution in [-0.4, -0.2) is 28.6 Å². The quantitative estimate of drug-likeness (QED) is 0.789. The van der Waals surface area contributed by atoms with Crippen molar-refractivity contribution in [3.8, 4) is 5.69 Å². The van der Waals surface area contributed by atoms with E-state index in [4.69, 9.17) is 0 Å². The maximum absolute atomic E-state index is 13.6. The Balaban J connectivity index is 1.86. The summed E-state index contributed by atoms with van der Waals surface area (Å²) in [6, 6.07) is 11.5. The largest absolute Gasteiger partial charge is 0.280 e. The van der Waals surface area contributed by atoms with Crippen molar-refractivity contribution in [3.05, 3.63) is 60.7 Å². The van der Waals surface area contributed by atoms with Crippen LogP contribution in [0.5, 0.6) is 0 Å². The summed E-state index contributed by atoms with van der Waals surface area (Å²) >= 11 is 0. The van der Waals surface area contributed by atoms with Gasteiger partial charge in [0.25, 0.3) is 10.0 Å². The number of hydrogen-bond acceptors (Lipinski definition) is 5. The van der Waals surface area contributed by atoms with E-state index in [0.29, 0.717) is 11.4 Å². The molecule has 0 aliphatic rings. The predicted octanol–water partition coefficient (Wildman–Crippen LogP) is 1.60. The number of rotatable bonds is 4. The summed E-state index contributed by atoms with van der Waals surface area (Å²) in [6.45, 7) is 0. The average Bonchev–Trinajstić information content (AvgIpc) is 3.02. The molecule has 0 aliphatic heterocycles. The Kier molecular flexibility index (Phi) is 3.55. The molecule has 0 atom stereocenters. The highest BCUT2D eigenvalue weighted by Gasteiger charge is 2.18. The molecule has 0 saturated heterocycles. The molecule has 2 aromatic carbocycles. The second-order valence-corrected chi connectivity index (χ2v) is 5.99. The van der Waals surface area contributed by atoms with E-state index in [1.807, 2.05) is 0 Å². The third-order valence-electron chi connectivity index (χ3n) is 2.86. The number of nitrogens with zero attached hydrogens (tertiary/aromatic N) is 4. The molecular weight excluding hydrogens is 309 g/mol. The minimum absolute atomic E-state index is 0.306. The first-order chi connectivity index (χ1) is 10.6. The van der Waals surface area contributed by atoms with Gasteiger partial charge in [-0.2, -0.15) is 0 Å². The number of aromatic nitrogens is 4. The lowest BCUT2D eigenvalue weighted by atomic mass is 10.3. The second kappa shape index (κ2) is 5.53. The predicted molar refractivity (Wildman–Crippen MR) is 76.4 cm³/mol. The number of benzene rings is 2. The van der Waals surface area contributed by atoms with Crippen molar-refractivity contribution in [2.45, 2.75) is 4.90 Å². The van der Waals surface area contributed by atoms with Gasteiger partial charge in [-0.1, -0.05) is 12.1 Å². The van der Waals surface area contributed by atoms with Gasteiger partial charge in [0.2, 0.25) is 0 Å². The van der Waals surface area contributed by atoms with E-state index in [1.165, 1.54) is 41.3 Å². The smallest absolute Gasteiger partial charge is 0.264 e. The molecule has 1 heterocycles. The van der Waals surface area contributed by atoms with E-state index in [-0.39, 0.29) is 0 Å². The van der Waals surface area contributed by atoms with Crippen LogP contribution in [0, 0.1) is 5.82 Å². The number of halogens is 1. The average molecular weight is 319 g/mol. The molecule has 112 valence electrons. The lowest BCUT2D eigenvalue weighted by molar-refractivity contribution is 0.570. The van der Waals surface area contributed by atoms with Crippen molar-refractivity contribution in [1.29, 1.82) is 0 Å². The van der Waals surface area contributed by atoms with Crippen LogP contribution in [-0.2, 0) is 10.0 Å². The van der Waals surface area contributed by atoms with E-state index in [0.717, 1.165) is 6.07 Å². The molecule has 0 saturated carbocycles. The third-order valence-corrected chi connectivity index (χ3v) is 4.27. The normalized spacial score (nSPS) is 11.3. The summed E-state index contributed by atoms with van der Waals surface area (Å²) in [6.07, 6.45) is 1.42. The highest BCUT2D eigenvalue weighted by Crippen LogP contribution is 2.19. The Morgan fingerprint density at radius 1 is 1.05 bits per heavy atom. The molecule has 3 aromatic rings. The summed E-state index contributed by atoms with van der Waals surface area (Å²) in [7, 11) is -3.98. The van der Waals surface area contributed by atoms with Crippen LogP contribution in [0.15, 0.2) is 59.8 Å². The van der Waals surface area contributed by atoms with Gasteiger partial charge in [-0.25, -0.2) is 17.5 Å². The highest BCUT2D eigenvalue weighted by atomic mass is 32.2. The number of anilines is 1. The summed E-state index contributed by atoms with van der Waals surface area (Å²) in [5.41, 5.74) is 0.971. The Bertz CT molecular complexity index is 879. The molecule has 0 amide bonds. The molecule has 0 aliphatic carbocycles. The minimum atomic E-state index is -3.98. The van der Waals surface area contributed by atoms with Crippen molar-refractivity contribution in [2.24, 2.45) is 0 Å². The van der Waals surface area contributed by atoms with Crippen molar-refractivity contribution < 1.29 is 12.8 Å². The molecule has 0 radical (unpaired) electrons. The van der Waals surface area contributed by atoms with Crippen LogP contribution >= 0.6 is 0 Å². The van der Waals surface area contributed by atoms with Gasteiger partial charge in [-0.15, -0.1) is 5.10 Å². The van der Waals surface area contributed by atoms with Crippen LogP contribution in [0.2, 0.25) is 0 Å². The first-order valence-electron chi connectivity index (χ1n) is 6.17. The molecule has 0 bridgehead atoms. The first kappa shape index (κ1) is 14.1. The fourth-order valence-electron chi connectivity index (χ4n) is 1.83. The summed E-state index contributed by atoms with van der Waals surface area (Å²) in [4.78, 5) is -0.403. The van der Waals surface area contributed by atoms with E-state index >= 15 is 0 Å². The van der Waals surface area contributed by atoms with Gasteiger partial charge in [-0.05, 0) is 46.8 Å². The molecule has 3 rings (SSSR count). The van der Waals surface area contributed by atoms with Crippen molar-refractivity contribution in [2.75, 3.05) is 4.72 Å². The van der Waals surface area contributed by atoms with E-state index in [1.54, 1.807) is 12.1 Å². The minimum Gasteiger partial charge on any atom is -0.280 e. The molecule has 1 aromatic heterocycles. The number of nitrogens with one attached hydrogen (secondary N) is 1. The first-order valence-corrected chi connectivity index (χ1v) is 7.65. The topological polar surface area (TPSA) is 89.8 Å². The Labute approximate surface area is 125 Å². The van der Waals surface area contributed by atoms with Crippen LogP contribution in [0.25, 0.3) is 5.69 Å². The van der Waals surface area contributed by atoms with Gasteiger partial charge in [0, 0.05) is 5.69 Å². The molecule has 7 nitrogen and oxygen atoms in total. The van der Waals surface area contributed by atoms with Gasteiger partial charge in [-0.3, -0.25) is 4.72 Å². The van der Waals surface area contributed by atoms with Gasteiger partial charge >= 0.3 is 0 Å². The van der Waals surface area contributed by atoms with E-state index in [2.05, 4.69) is 20.2 Å². The van der Waals surface area contributed by atoms with Crippen molar-refractivity contribution in [3.63, 3.8) is 0 Å². The molecule has 0 unspecified atom stereocenters. The van der Waals surface area contributed by atoms with E-state index < -0.39 is 20.7 Å². The fraction of sp³-hybridized carbons (Fsp3) is 0. The maximum atomic E-state index is 13.6. The monoisotopic (exact) mass is 319 g/mol. The molecule has 0 spiro atoms. The molecule has 1 N–H and O–H groups in total. The molecular formula is C13H10FN5O2S. The Hall–Kier alpha value is -2.81. The third kappa shape index (κ3) is 2.79. The van der Waals surface area contributed by atoms with E-state index in [9.17, 15) is 12.8 Å². The lowest BCUT2D eigenvalue weighted by Gasteiger charge is -2.09. The second-order valence-electron chi connectivity index (χ2n) is 4.34. The highest BCUT2D eigenvalue weighted by molar-refractivity contribution is 7.92. The zero-order chi connectivity index (χ0) is 15.6. The number of hydrogen-bond donors (Lipinski definition) is 1. The van der Waals surface area contributed by atoms with Crippen molar-refractivity contribution >= 4 is 15.7 Å². The number of sulfonamides is 1. The van der Waals surface area contributed by atoms with Crippen LogP contribution in [0.4, 0.5) is 10.1 Å². The van der Waals surface area contributed by atoms with Crippen LogP contribution in [0.3, 0.4) is 0 Å². The van der Waals surface area contributed by atoms with Gasteiger partial charge < -0.3 is 0 Å². The summed E-state index contributed by atoms with van der Waals surface area (Å²) in [5.74, 6) is -0.805. The Morgan fingerprint density at radius 3 is 2.41 bits per heavy atom. The SMILES string of the molecule is O=S(=O)(Nc1ccc(-n2cnnn2)cc1)c1ccccc1F. The standard InChI is InChI=1S/C13H10FN5O2S/c14-12-3-1-2-4-13(12)22(20,21)16-10-5-7-11(8-6-10)19-9-15-17-18-19/h1-9,16H. The molecule has 0 fully saturated rings. The fourth-order valence-corrected chi connectivity index (χ4v) is 2.97. The van der Waals surface area contributed by atoms with Crippen molar-refractivity contribution in [1.82, 2.24) is 20.2 Å². The lowest BCUT2D eigenvalue weighted by Crippen LogP contribution is -2.14. The van der Waals surface area contributed by atoms with Gasteiger partial charge in [0.1, 0.15) is 17.0 Å². The summed E-state index contributed by atoms with van der Waals surface area (Å²) in [5, 5.41) is 10.7. The Morgan fingerprint density at radius 2 is 1.77 bits per heavy atom. The zero-order valence-electron chi connectivity index (χ0n) is 11.1. The van der Waals surface area contributed by atoms with Crippen LogP contribution in [0.1, 0.15) is 0 Å².